The van der Waals surface area contributed by atoms with E-state index in [-0.39, 0.29) is 17.7 Å². The van der Waals surface area contributed by atoms with E-state index < -0.39 is 30.5 Å². The van der Waals surface area contributed by atoms with Crippen molar-refractivity contribution in [2.75, 3.05) is 7.11 Å². The van der Waals surface area contributed by atoms with Crippen LogP contribution in [-0.4, -0.2) is 40.4 Å². The summed E-state index contributed by atoms with van der Waals surface area (Å²) in [5, 5.41) is 28.5. The number of hydrogen-bond donors (Lipinski definition) is 4. The molecule has 2 unspecified atom stereocenters. The summed E-state index contributed by atoms with van der Waals surface area (Å²) in [4.78, 5) is 21.4. The number of methoxy groups -OCH3 is 1. The van der Waals surface area contributed by atoms with Gasteiger partial charge in [0.05, 0.1) is 26.1 Å². The number of carbonyl (C=O) groups is 2. The average molecular weight is 283 g/mol. The van der Waals surface area contributed by atoms with Gasteiger partial charge in [-0.15, -0.1) is 0 Å². The summed E-state index contributed by atoms with van der Waals surface area (Å²) >= 11 is 0. The fourth-order valence-electron chi connectivity index (χ4n) is 1.82. The van der Waals surface area contributed by atoms with E-state index in [4.69, 9.17) is 15.6 Å². The first-order chi connectivity index (χ1) is 9.35. The number of carboxylic acids is 1. The Morgan fingerprint density at radius 1 is 1.35 bits per heavy atom. The molecule has 1 aromatic carbocycles. The third-order valence-corrected chi connectivity index (χ3v) is 2.74. The molecule has 1 aromatic rings. The minimum Gasteiger partial charge on any atom is -0.496 e. The van der Waals surface area contributed by atoms with Gasteiger partial charge in [0.1, 0.15) is 11.9 Å². The summed E-state index contributed by atoms with van der Waals surface area (Å²) in [5.74, 6) is -1.49. The number of amides is 1. The quantitative estimate of drug-likeness (QED) is 0.538. The molecule has 0 aromatic heterocycles. The molecule has 0 aliphatic heterocycles. The topological polar surface area (TPSA) is 130 Å². The highest BCUT2D eigenvalue weighted by Crippen LogP contribution is 2.29. The third kappa shape index (κ3) is 4.22. The Morgan fingerprint density at radius 3 is 2.50 bits per heavy atom. The van der Waals surface area contributed by atoms with Crippen LogP contribution in [0.25, 0.3) is 0 Å². The molecule has 5 N–H and O–H groups in total. The van der Waals surface area contributed by atoms with Crippen molar-refractivity contribution in [3.05, 3.63) is 29.3 Å². The SMILES string of the molecule is COc1ccc(CC(=O)O)cc1C(O)C(O)CC(N)=O. The number of ether oxygens (including phenoxy) is 1. The number of carboxylic acid groups (broad SMARTS) is 1. The second-order valence-electron chi connectivity index (χ2n) is 4.33. The highest BCUT2D eigenvalue weighted by atomic mass is 16.5. The van der Waals surface area contributed by atoms with E-state index in [1.807, 2.05) is 0 Å². The molecule has 1 amide bonds. The summed E-state index contributed by atoms with van der Waals surface area (Å²) in [7, 11) is 1.38. The molecule has 2 atom stereocenters. The molecular weight excluding hydrogens is 266 g/mol. The molecular formula is C13H17NO6. The van der Waals surface area contributed by atoms with Crippen LogP contribution in [0.15, 0.2) is 18.2 Å². The second kappa shape index (κ2) is 6.88. The lowest BCUT2D eigenvalue weighted by molar-refractivity contribution is -0.136. The van der Waals surface area contributed by atoms with Crippen molar-refractivity contribution in [2.24, 2.45) is 5.73 Å². The zero-order chi connectivity index (χ0) is 15.3. The first kappa shape index (κ1) is 15.9. The number of carbonyl (C=O) groups excluding carboxylic acids is 1. The van der Waals surface area contributed by atoms with Gasteiger partial charge in [0.2, 0.25) is 5.91 Å². The maximum atomic E-state index is 10.8. The van der Waals surface area contributed by atoms with Gasteiger partial charge in [-0.1, -0.05) is 6.07 Å². The molecule has 0 saturated carbocycles. The van der Waals surface area contributed by atoms with Gasteiger partial charge in [-0.3, -0.25) is 9.59 Å². The zero-order valence-corrected chi connectivity index (χ0v) is 10.9. The molecule has 7 heteroatoms. The van der Waals surface area contributed by atoms with Crippen molar-refractivity contribution in [1.29, 1.82) is 0 Å². The third-order valence-electron chi connectivity index (χ3n) is 2.74. The molecule has 0 saturated heterocycles. The Morgan fingerprint density at radius 2 is 2.00 bits per heavy atom. The molecule has 0 aliphatic carbocycles. The average Bonchev–Trinajstić information content (AvgIpc) is 2.36. The molecule has 0 bridgehead atoms. The van der Waals surface area contributed by atoms with Crippen molar-refractivity contribution in [1.82, 2.24) is 0 Å². The Labute approximate surface area is 115 Å². The molecule has 20 heavy (non-hydrogen) atoms. The van der Waals surface area contributed by atoms with E-state index in [1.165, 1.54) is 19.2 Å². The molecule has 0 fully saturated rings. The van der Waals surface area contributed by atoms with Crippen LogP contribution in [-0.2, 0) is 16.0 Å². The maximum absolute atomic E-state index is 10.8. The monoisotopic (exact) mass is 283 g/mol. The number of hydrogen-bond acceptors (Lipinski definition) is 5. The smallest absolute Gasteiger partial charge is 0.307 e. The lowest BCUT2D eigenvalue weighted by atomic mass is 9.98. The van der Waals surface area contributed by atoms with Gasteiger partial charge in [-0.2, -0.15) is 0 Å². The van der Waals surface area contributed by atoms with Gasteiger partial charge in [0.25, 0.3) is 0 Å². The highest BCUT2D eigenvalue weighted by molar-refractivity contribution is 5.74. The normalized spacial score (nSPS) is 13.6. The summed E-state index contributed by atoms with van der Waals surface area (Å²) in [6.07, 6.45) is -3.42. The van der Waals surface area contributed by atoms with Crippen molar-refractivity contribution in [3.63, 3.8) is 0 Å². The van der Waals surface area contributed by atoms with Crippen LogP contribution in [0.5, 0.6) is 5.75 Å². The summed E-state index contributed by atoms with van der Waals surface area (Å²) in [6.45, 7) is 0. The minimum atomic E-state index is -1.40. The van der Waals surface area contributed by atoms with E-state index >= 15 is 0 Å². The fourth-order valence-corrected chi connectivity index (χ4v) is 1.82. The number of rotatable bonds is 7. The van der Waals surface area contributed by atoms with Crippen molar-refractivity contribution < 1.29 is 29.6 Å². The van der Waals surface area contributed by atoms with Crippen LogP contribution in [0.4, 0.5) is 0 Å². The summed E-state index contributed by atoms with van der Waals surface area (Å²) < 4.78 is 5.05. The van der Waals surface area contributed by atoms with Gasteiger partial charge >= 0.3 is 5.97 Å². The van der Waals surface area contributed by atoms with E-state index in [1.54, 1.807) is 6.07 Å². The molecule has 1 rings (SSSR count). The largest absolute Gasteiger partial charge is 0.496 e. The van der Waals surface area contributed by atoms with Crippen LogP contribution in [0.1, 0.15) is 23.7 Å². The molecule has 7 nitrogen and oxygen atoms in total. The van der Waals surface area contributed by atoms with Crippen LogP contribution < -0.4 is 10.5 Å². The van der Waals surface area contributed by atoms with Crippen molar-refractivity contribution in [2.45, 2.75) is 25.0 Å². The van der Waals surface area contributed by atoms with Gasteiger partial charge in [-0.05, 0) is 17.7 Å². The van der Waals surface area contributed by atoms with Gasteiger partial charge < -0.3 is 25.8 Å². The van der Waals surface area contributed by atoms with E-state index in [0.717, 1.165) is 0 Å². The minimum absolute atomic E-state index is 0.208. The Hall–Kier alpha value is -2.12. The van der Waals surface area contributed by atoms with Crippen LogP contribution in [0.2, 0.25) is 0 Å². The van der Waals surface area contributed by atoms with Crippen LogP contribution in [0.3, 0.4) is 0 Å². The summed E-state index contributed by atoms with van der Waals surface area (Å²) in [6, 6.07) is 4.46. The molecule has 0 aliphatic rings. The van der Waals surface area contributed by atoms with E-state index in [9.17, 15) is 19.8 Å². The molecule has 0 heterocycles. The lowest BCUT2D eigenvalue weighted by Gasteiger charge is -2.20. The van der Waals surface area contributed by atoms with E-state index in [0.29, 0.717) is 5.56 Å². The maximum Gasteiger partial charge on any atom is 0.307 e. The first-order valence-electron chi connectivity index (χ1n) is 5.88. The predicted octanol–water partition coefficient (Wildman–Crippen LogP) is -0.408. The van der Waals surface area contributed by atoms with Crippen molar-refractivity contribution in [3.8, 4) is 5.75 Å². The molecule has 110 valence electrons. The van der Waals surface area contributed by atoms with Gasteiger partial charge in [-0.25, -0.2) is 0 Å². The summed E-state index contributed by atoms with van der Waals surface area (Å²) in [5.41, 5.74) is 5.61. The Kier molecular flexibility index (Phi) is 5.48. The predicted molar refractivity (Wildman–Crippen MR) is 69.1 cm³/mol. The van der Waals surface area contributed by atoms with Crippen molar-refractivity contribution >= 4 is 11.9 Å². The zero-order valence-electron chi connectivity index (χ0n) is 10.9. The highest BCUT2D eigenvalue weighted by Gasteiger charge is 2.24. The molecule has 0 radical (unpaired) electrons. The van der Waals surface area contributed by atoms with Gasteiger partial charge in [0.15, 0.2) is 0 Å². The second-order valence-corrected chi connectivity index (χ2v) is 4.33. The van der Waals surface area contributed by atoms with E-state index in [2.05, 4.69) is 0 Å². The molecule has 0 spiro atoms. The van der Waals surface area contributed by atoms with Gasteiger partial charge in [0, 0.05) is 5.56 Å². The first-order valence-corrected chi connectivity index (χ1v) is 5.88. The van der Waals surface area contributed by atoms with Crippen LogP contribution in [0, 0.1) is 0 Å². The number of aliphatic hydroxyl groups is 2. The number of nitrogens with two attached hydrogens (primary N) is 1. The number of primary amides is 1. The Bertz CT molecular complexity index is 502. The van der Waals surface area contributed by atoms with Crippen LogP contribution >= 0.6 is 0 Å². The Balaban J connectivity index is 3.05. The number of aliphatic carboxylic acids is 1. The fraction of sp³-hybridized carbons (Fsp3) is 0.385. The lowest BCUT2D eigenvalue weighted by Crippen LogP contribution is -2.26. The standard InChI is InChI=1S/C13H17NO6/c1-20-10-3-2-7(5-12(17)18)4-8(10)13(19)9(15)6-11(14)16/h2-4,9,13,15,19H,5-6H2,1H3,(H2,14,16)(H,17,18). The number of aliphatic hydroxyl groups excluding tert-OH is 2. The number of benzene rings is 1.